The Labute approximate surface area is 153 Å². The number of nitrogens with zero attached hydrogens (tertiary/aromatic N) is 5. The second kappa shape index (κ2) is 5.77. The summed E-state index contributed by atoms with van der Waals surface area (Å²) >= 11 is 0. The molecule has 2 unspecified atom stereocenters. The molecule has 2 aliphatic carbocycles. The first-order valence-corrected chi connectivity index (χ1v) is 9.49. The van der Waals surface area contributed by atoms with Crippen molar-refractivity contribution in [3.05, 3.63) is 22.8 Å². The van der Waals surface area contributed by atoms with Gasteiger partial charge in [-0.25, -0.2) is 9.97 Å². The van der Waals surface area contributed by atoms with E-state index >= 15 is 0 Å². The van der Waals surface area contributed by atoms with E-state index in [2.05, 4.69) is 23.8 Å². The summed E-state index contributed by atoms with van der Waals surface area (Å²) in [5, 5.41) is 18.7. The minimum atomic E-state index is -0.718. The summed E-state index contributed by atoms with van der Waals surface area (Å²) < 4.78 is 0. The van der Waals surface area contributed by atoms with Gasteiger partial charge in [0.1, 0.15) is 12.1 Å². The van der Waals surface area contributed by atoms with Crippen molar-refractivity contribution in [2.75, 3.05) is 13.1 Å². The van der Waals surface area contributed by atoms with Crippen molar-refractivity contribution in [1.82, 2.24) is 14.9 Å². The SMILES string of the molecule is CC1(C)C2CCC1(C(=O)N1CCCCCC1)c1nc(C#N)c(C#N)nc12. The third-order valence-electron chi connectivity index (χ3n) is 6.91. The fourth-order valence-corrected chi connectivity index (χ4v) is 5.43. The highest BCUT2D eigenvalue weighted by atomic mass is 16.2. The Morgan fingerprint density at radius 3 is 2.31 bits per heavy atom. The summed E-state index contributed by atoms with van der Waals surface area (Å²) in [6, 6.07) is 3.97. The molecule has 0 spiro atoms. The summed E-state index contributed by atoms with van der Waals surface area (Å²) in [5.74, 6) is 0.259. The van der Waals surface area contributed by atoms with E-state index in [-0.39, 0.29) is 28.6 Å². The molecular formula is C20H23N5O. The summed E-state index contributed by atoms with van der Waals surface area (Å²) in [6.07, 6.45) is 6.05. The van der Waals surface area contributed by atoms with Gasteiger partial charge in [-0.2, -0.15) is 10.5 Å². The first kappa shape index (κ1) is 17.0. The van der Waals surface area contributed by atoms with Crippen LogP contribution in [-0.2, 0) is 10.2 Å². The zero-order valence-corrected chi connectivity index (χ0v) is 15.4. The van der Waals surface area contributed by atoms with Crippen molar-refractivity contribution in [3.8, 4) is 12.1 Å². The zero-order valence-electron chi connectivity index (χ0n) is 15.4. The van der Waals surface area contributed by atoms with Gasteiger partial charge in [0.2, 0.25) is 5.91 Å². The highest BCUT2D eigenvalue weighted by Gasteiger charge is 2.68. The van der Waals surface area contributed by atoms with Crippen LogP contribution in [0.2, 0.25) is 0 Å². The van der Waals surface area contributed by atoms with Gasteiger partial charge in [0.15, 0.2) is 11.4 Å². The van der Waals surface area contributed by atoms with Crippen LogP contribution >= 0.6 is 0 Å². The fraction of sp³-hybridized carbons (Fsp3) is 0.650. The molecule has 2 bridgehead atoms. The molecule has 1 aromatic rings. The van der Waals surface area contributed by atoms with Gasteiger partial charge < -0.3 is 4.90 Å². The van der Waals surface area contributed by atoms with E-state index in [0.29, 0.717) is 5.69 Å². The lowest BCUT2D eigenvalue weighted by Gasteiger charge is -2.40. The number of likely N-dealkylation sites (tertiary alicyclic amines) is 1. The summed E-state index contributed by atoms with van der Waals surface area (Å²) in [5.41, 5.74) is 0.511. The topological polar surface area (TPSA) is 93.7 Å². The third-order valence-corrected chi connectivity index (χ3v) is 6.91. The highest BCUT2D eigenvalue weighted by Crippen LogP contribution is 2.67. The first-order chi connectivity index (χ1) is 12.5. The van der Waals surface area contributed by atoms with Crippen LogP contribution in [0.25, 0.3) is 0 Å². The number of nitriles is 2. The molecule has 6 nitrogen and oxygen atoms in total. The molecule has 6 heteroatoms. The van der Waals surface area contributed by atoms with E-state index in [4.69, 9.17) is 0 Å². The molecule has 4 rings (SSSR count). The summed E-state index contributed by atoms with van der Waals surface area (Å²) in [4.78, 5) is 24.8. The monoisotopic (exact) mass is 349 g/mol. The molecule has 1 aliphatic heterocycles. The van der Waals surface area contributed by atoms with Gasteiger partial charge in [-0.3, -0.25) is 4.79 Å². The molecule has 26 heavy (non-hydrogen) atoms. The van der Waals surface area contributed by atoms with Crippen LogP contribution in [0.4, 0.5) is 0 Å². The van der Waals surface area contributed by atoms with E-state index in [0.717, 1.165) is 44.5 Å². The maximum Gasteiger partial charge on any atom is 0.235 e. The minimum absolute atomic E-state index is 0.0395. The maximum atomic E-state index is 13.8. The molecule has 0 aromatic carbocycles. The Morgan fingerprint density at radius 2 is 1.69 bits per heavy atom. The average Bonchev–Trinajstić information content (AvgIpc) is 2.89. The van der Waals surface area contributed by atoms with Crippen molar-refractivity contribution in [3.63, 3.8) is 0 Å². The van der Waals surface area contributed by atoms with Crippen LogP contribution in [-0.4, -0.2) is 33.9 Å². The predicted octanol–water partition coefficient (Wildman–Crippen LogP) is 2.78. The third kappa shape index (κ3) is 1.99. The van der Waals surface area contributed by atoms with Gasteiger partial charge in [0, 0.05) is 19.0 Å². The lowest BCUT2D eigenvalue weighted by atomic mass is 9.67. The van der Waals surface area contributed by atoms with Crippen molar-refractivity contribution < 1.29 is 4.79 Å². The number of carbonyl (C=O) groups excluding carboxylic acids is 1. The zero-order chi connectivity index (χ0) is 18.5. The molecule has 2 fully saturated rings. The Balaban J connectivity index is 1.87. The predicted molar refractivity (Wildman–Crippen MR) is 93.9 cm³/mol. The number of hydrogen-bond donors (Lipinski definition) is 0. The molecule has 1 saturated heterocycles. The molecule has 1 amide bonds. The average molecular weight is 349 g/mol. The second-order valence-corrected chi connectivity index (χ2v) is 8.30. The van der Waals surface area contributed by atoms with Crippen LogP contribution in [0.15, 0.2) is 0 Å². The lowest BCUT2D eigenvalue weighted by molar-refractivity contribution is -0.141. The largest absolute Gasteiger partial charge is 0.342 e. The molecule has 1 saturated carbocycles. The van der Waals surface area contributed by atoms with Gasteiger partial charge in [-0.15, -0.1) is 0 Å². The van der Waals surface area contributed by atoms with Crippen LogP contribution < -0.4 is 0 Å². The molecule has 2 atom stereocenters. The normalized spacial score (nSPS) is 28.8. The molecule has 0 radical (unpaired) electrons. The van der Waals surface area contributed by atoms with E-state index in [1.165, 1.54) is 12.8 Å². The number of amides is 1. The molecule has 2 heterocycles. The van der Waals surface area contributed by atoms with Crippen LogP contribution in [0.1, 0.15) is 81.1 Å². The molecule has 134 valence electrons. The van der Waals surface area contributed by atoms with Gasteiger partial charge >= 0.3 is 0 Å². The van der Waals surface area contributed by atoms with E-state index in [1.807, 2.05) is 17.0 Å². The van der Waals surface area contributed by atoms with Crippen molar-refractivity contribution in [2.24, 2.45) is 5.41 Å². The van der Waals surface area contributed by atoms with Gasteiger partial charge in [-0.05, 0) is 31.1 Å². The van der Waals surface area contributed by atoms with E-state index in [1.54, 1.807) is 0 Å². The lowest BCUT2D eigenvalue weighted by Crippen LogP contribution is -2.52. The van der Waals surface area contributed by atoms with Crippen LogP contribution in [0, 0.1) is 28.1 Å². The van der Waals surface area contributed by atoms with Gasteiger partial charge in [-0.1, -0.05) is 26.7 Å². The van der Waals surface area contributed by atoms with Crippen LogP contribution in [0.5, 0.6) is 0 Å². The Kier molecular flexibility index (Phi) is 3.77. The van der Waals surface area contributed by atoms with E-state index in [9.17, 15) is 15.3 Å². The highest BCUT2D eigenvalue weighted by molar-refractivity contribution is 5.91. The summed E-state index contributed by atoms with van der Waals surface area (Å²) in [6.45, 7) is 5.85. The maximum absolute atomic E-state index is 13.8. The standard InChI is InChI=1S/C20H23N5O/c1-19(2)13-7-8-20(19,18(26)25-9-5-3-4-6-10-25)17-16(13)23-14(11-21)15(12-22)24-17/h13H,3-10H2,1-2H3. The number of carbonyl (C=O) groups is 1. The number of rotatable bonds is 1. The second-order valence-electron chi connectivity index (χ2n) is 8.30. The fourth-order valence-electron chi connectivity index (χ4n) is 5.43. The Morgan fingerprint density at radius 1 is 1.08 bits per heavy atom. The Hall–Kier alpha value is -2.47. The van der Waals surface area contributed by atoms with Crippen LogP contribution in [0.3, 0.4) is 0 Å². The Bertz CT molecular complexity index is 854. The first-order valence-electron chi connectivity index (χ1n) is 9.49. The van der Waals surface area contributed by atoms with Gasteiger partial charge in [0.05, 0.1) is 16.8 Å². The summed E-state index contributed by atoms with van der Waals surface area (Å²) in [7, 11) is 0. The number of aromatic nitrogens is 2. The van der Waals surface area contributed by atoms with E-state index < -0.39 is 5.41 Å². The van der Waals surface area contributed by atoms with Crippen molar-refractivity contribution in [2.45, 2.75) is 63.7 Å². The number of fused-ring (bicyclic) bond motifs is 5. The van der Waals surface area contributed by atoms with Gasteiger partial charge in [0.25, 0.3) is 0 Å². The van der Waals surface area contributed by atoms with Crippen molar-refractivity contribution in [1.29, 1.82) is 10.5 Å². The van der Waals surface area contributed by atoms with Crippen molar-refractivity contribution >= 4 is 5.91 Å². The molecular weight excluding hydrogens is 326 g/mol. The molecule has 0 N–H and O–H groups in total. The smallest absolute Gasteiger partial charge is 0.235 e. The molecule has 1 aromatic heterocycles. The number of hydrogen-bond acceptors (Lipinski definition) is 5. The quantitative estimate of drug-likeness (QED) is 0.777. The molecule has 3 aliphatic rings. The minimum Gasteiger partial charge on any atom is -0.342 e.